The summed E-state index contributed by atoms with van der Waals surface area (Å²) in [6.07, 6.45) is 0.125. The predicted octanol–water partition coefficient (Wildman–Crippen LogP) is 3.07. The fourth-order valence-electron chi connectivity index (χ4n) is 2.91. The lowest BCUT2D eigenvalue weighted by atomic mass is 10.0. The molecular formula is C20H19N3O5S. The maximum absolute atomic E-state index is 12.6. The van der Waals surface area contributed by atoms with Gasteiger partial charge in [-0.2, -0.15) is 4.99 Å². The first-order valence-electron chi connectivity index (χ1n) is 8.77. The molecular weight excluding hydrogens is 394 g/mol. The second-order valence-electron chi connectivity index (χ2n) is 6.57. The number of benzene rings is 2. The number of fused-ring (bicyclic) bond motifs is 1. The van der Waals surface area contributed by atoms with E-state index in [-0.39, 0.29) is 24.6 Å². The molecule has 0 atom stereocenters. The molecule has 29 heavy (non-hydrogen) atoms. The fourth-order valence-corrected chi connectivity index (χ4v) is 3.99. The summed E-state index contributed by atoms with van der Waals surface area (Å²) in [5, 5.41) is 11.1. The number of carbonyl (C=O) groups excluding carboxylic acids is 2. The number of rotatable bonds is 5. The van der Waals surface area contributed by atoms with E-state index < -0.39 is 10.9 Å². The van der Waals surface area contributed by atoms with Gasteiger partial charge in [-0.25, -0.2) is 0 Å². The molecule has 0 unspecified atom stereocenters. The van der Waals surface area contributed by atoms with Crippen molar-refractivity contribution in [2.24, 2.45) is 4.99 Å². The van der Waals surface area contributed by atoms with E-state index in [0.717, 1.165) is 28.0 Å². The van der Waals surface area contributed by atoms with Crippen molar-refractivity contribution in [2.75, 3.05) is 7.11 Å². The molecule has 0 fully saturated rings. The molecule has 2 aromatic carbocycles. The van der Waals surface area contributed by atoms with Gasteiger partial charge in [0.1, 0.15) is 6.54 Å². The Morgan fingerprint density at radius 3 is 2.66 bits per heavy atom. The van der Waals surface area contributed by atoms with Crippen molar-refractivity contribution in [3.8, 4) is 0 Å². The minimum absolute atomic E-state index is 0.0720. The van der Waals surface area contributed by atoms with Crippen LogP contribution in [0.25, 0.3) is 10.2 Å². The summed E-state index contributed by atoms with van der Waals surface area (Å²) in [6.45, 7) is 3.73. The molecule has 9 heteroatoms. The van der Waals surface area contributed by atoms with E-state index in [4.69, 9.17) is 4.74 Å². The summed E-state index contributed by atoms with van der Waals surface area (Å²) in [5.74, 6) is -0.871. The number of non-ortho nitro benzene ring substituents is 1. The van der Waals surface area contributed by atoms with E-state index in [1.54, 1.807) is 6.07 Å². The quantitative estimate of drug-likeness (QED) is 0.363. The minimum atomic E-state index is -0.508. The number of nitrogens with zero attached hydrogens (tertiary/aromatic N) is 3. The van der Waals surface area contributed by atoms with Gasteiger partial charge in [-0.15, -0.1) is 0 Å². The Morgan fingerprint density at radius 2 is 1.97 bits per heavy atom. The Labute approximate surface area is 170 Å². The van der Waals surface area contributed by atoms with Gasteiger partial charge >= 0.3 is 5.97 Å². The third-order valence-corrected chi connectivity index (χ3v) is 5.50. The van der Waals surface area contributed by atoms with Crippen LogP contribution < -0.4 is 4.80 Å². The Bertz CT molecular complexity index is 1190. The van der Waals surface area contributed by atoms with E-state index in [0.29, 0.717) is 15.0 Å². The van der Waals surface area contributed by atoms with Gasteiger partial charge in [0, 0.05) is 12.1 Å². The number of nitro benzene ring substituents is 1. The number of esters is 1. The summed E-state index contributed by atoms with van der Waals surface area (Å²) in [5.41, 5.74) is 3.43. The number of aryl methyl sites for hydroxylation is 2. The normalized spacial score (nSPS) is 11.6. The highest BCUT2D eigenvalue weighted by Gasteiger charge is 2.15. The minimum Gasteiger partial charge on any atom is -0.468 e. The molecule has 1 aromatic heterocycles. The Morgan fingerprint density at radius 1 is 1.21 bits per heavy atom. The summed E-state index contributed by atoms with van der Waals surface area (Å²) < 4.78 is 6.82. The third kappa shape index (κ3) is 4.57. The van der Waals surface area contributed by atoms with Gasteiger partial charge in [0.15, 0.2) is 4.80 Å². The third-order valence-electron chi connectivity index (χ3n) is 4.46. The maximum atomic E-state index is 12.6. The van der Waals surface area contributed by atoms with Crippen molar-refractivity contribution in [1.29, 1.82) is 0 Å². The molecule has 0 aliphatic rings. The molecule has 1 amide bonds. The predicted molar refractivity (Wildman–Crippen MR) is 109 cm³/mol. The molecule has 0 bridgehead atoms. The number of amides is 1. The lowest BCUT2D eigenvalue weighted by Crippen LogP contribution is -2.22. The first-order valence-corrected chi connectivity index (χ1v) is 9.58. The molecule has 0 saturated heterocycles. The van der Waals surface area contributed by atoms with Crippen LogP contribution in [-0.2, 0) is 27.3 Å². The largest absolute Gasteiger partial charge is 0.468 e. The van der Waals surface area contributed by atoms with Crippen LogP contribution in [0.5, 0.6) is 0 Å². The van der Waals surface area contributed by atoms with E-state index >= 15 is 0 Å². The SMILES string of the molecule is COC(=O)Cn1c(=NC(=O)Cc2cc(C)ccc2C)sc2cc([N+](=O)[O-])ccc21. The number of hydrogen-bond acceptors (Lipinski definition) is 6. The smallest absolute Gasteiger partial charge is 0.325 e. The summed E-state index contributed by atoms with van der Waals surface area (Å²) in [4.78, 5) is 39.5. The molecule has 0 spiro atoms. The Hall–Kier alpha value is -3.33. The van der Waals surface area contributed by atoms with Crippen molar-refractivity contribution in [2.45, 2.75) is 26.8 Å². The number of ether oxygens (including phenoxy) is 1. The second-order valence-corrected chi connectivity index (χ2v) is 7.58. The molecule has 0 saturated carbocycles. The zero-order valence-electron chi connectivity index (χ0n) is 16.2. The second kappa shape index (κ2) is 8.36. The van der Waals surface area contributed by atoms with Gasteiger partial charge in [-0.05, 0) is 31.0 Å². The van der Waals surface area contributed by atoms with Crippen LogP contribution in [0.1, 0.15) is 16.7 Å². The molecule has 3 rings (SSSR count). The first kappa shape index (κ1) is 20.4. The van der Waals surface area contributed by atoms with E-state index in [1.165, 1.54) is 23.8 Å². The lowest BCUT2D eigenvalue weighted by molar-refractivity contribution is -0.384. The van der Waals surface area contributed by atoms with Crippen LogP contribution in [0.3, 0.4) is 0 Å². The summed E-state index contributed by atoms with van der Waals surface area (Å²) in [7, 11) is 1.27. The van der Waals surface area contributed by atoms with E-state index in [9.17, 15) is 19.7 Å². The van der Waals surface area contributed by atoms with E-state index in [2.05, 4.69) is 4.99 Å². The number of aromatic nitrogens is 1. The van der Waals surface area contributed by atoms with Gasteiger partial charge < -0.3 is 9.30 Å². The van der Waals surface area contributed by atoms with Crippen molar-refractivity contribution >= 4 is 39.1 Å². The van der Waals surface area contributed by atoms with Crippen LogP contribution in [-0.4, -0.2) is 28.5 Å². The van der Waals surface area contributed by atoms with Crippen molar-refractivity contribution in [3.63, 3.8) is 0 Å². The highest BCUT2D eigenvalue weighted by Crippen LogP contribution is 2.23. The molecule has 3 aromatic rings. The highest BCUT2D eigenvalue weighted by atomic mass is 32.1. The van der Waals surface area contributed by atoms with Gasteiger partial charge in [0.25, 0.3) is 11.6 Å². The molecule has 0 N–H and O–H groups in total. The standard InChI is InChI=1S/C20H19N3O5S/c1-12-4-5-13(2)14(8-12)9-18(24)21-20-22(11-19(25)28-3)16-7-6-15(23(26)27)10-17(16)29-20/h4-8,10H,9,11H2,1-3H3. The van der Waals surface area contributed by atoms with Gasteiger partial charge in [-0.1, -0.05) is 35.1 Å². The number of nitro groups is 1. The average Bonchev–Trinajstić information content (AvgIpc) is 3.00. The van der Waals surface area contributed by atoms with Gasteiger partial charge in [-0.3, -0.25) is 19.7 Å². The van der Waals surface area contributed by atoms with Crippen LogP contribution in [0.15, 0.2) is 41.4 Å². The Kier molecular flexibility index (Phi) is 5.88. The molecule has 8 nitrogen and oxygen atoms in total. The average molecular weight is 413 g/mol. The first-order chi connectivity index (χ1) is 13.8. The number of carbonyl (C=O) groups is 2. The van der Waals surface area contributed by atoms with Crippen LogP contribution in [0.2, 0.25) is 0 Å². The summed E-state index contributed by atoms with van der Waals surface area (Å²) >= 11 is 1.12. The number of methoxy groups -OCH3 is 1. The topological polar surface area (TPSA) is 104 Å². The highest BCUT2D eigenvalue weighted by molar-refractivity contribution is 7.16. The monoisotopic (exact) mass is 413 g/mol. The van der Waals surface area contributed by atoms with Crippen LogP contribution >= 0.6 is 11.3 Å². The van der Waals surface area contributed by atoms with Crippen molar-refractivity contribution in [3.05, 3.63) is 68.0 Å². The molecule has 0 aliphatic heterocycles. The zero-order valence-corrected chi connectivity index (χ0v) is 17.0. The van der Waals surface area contributed by atoms with Crippen LogP contribution in [0, 0.1) is 24.0 Å². The number of hydrogen-bond donors (Lipinski definition) is 0. The summed E-state index contributed by atoms with van der Waals surface area (Å²) in [6, 6.07) is 10.2. The maximum Gasteiger partial charge on any atom is 0.325 e. The number of thiazole rings is 1. The van der Waals surface area contributed by atoms with E-state index in [1.807, 2.05) is 32.0 Å². The molecule has 0 aliphatic carbocycles. The molecule has 0 radical (unpaired) electrons. The van der Waals surface area contributed by atoms with Crippen molar-refractivity contribution in [1.82, 2.24) is 4.57 Å². The lowest BCUT2D eigenvalue weighted by Gasteiger charge is -2.05. The molecule has 150 valence electrons. The van der Waals surface area contributed by atoms with Gasteiger partial charge in [0.2, 0.25) is 0 Å². The zero-order chi connectivity index (χ0) is 21.1. The molecule has 1 heterocycles. The Balaban J connectivity index is 2.06. The van der Waals surface area contributed by atoms with Crippen LogP contribution in [0.4, 0.5) is 5.69 Å². The van der Waals surface area contributed by atoms with Crippen molar-refractivity contribution < 1.29 is 19.2 Å². The van der Waals surface area contributed by atoms with Gasteiger partial charge in [0.05, 0.1) is 28.7 Å². The fraction of sp³-hybridized carbons (Fsp3) is 0.250.